The maximum atomic E-state index is 12.3. The Morgan fingerprint density at radius 1 is 1.17 bits per heavy atom. The first-order chi connectivity index (χ1) is 11.5. The van der Waals surface area contributed by atoms with Crippen LogP contribution in [0.15, 0.2) is 49.2 Å². The number of ketones is 1. The van der Waals surface area contributed by atoms with Gasteiger partial charge in [-0.15, -0.1) is 0 Å². The molecule has 5 heteroatoms. The van der Waals surface area contributed by atoms with Crippen LogP contribution < -0.4 is 0 Å². The molecule has 0 unspecified atom stereocenters. The van der Waals surface area contributed by atoms with E-state index >= 15 is 0 Å². The molecular formula is C19H18N4O. The van der Waals surface area contributed by atoms with Gasteiger partial charge in [0.1, 0.15) is 12.1 Å². The molecule has 0 aliphatic heterocycles. The summed E-state index contributed by atoms with van der Waals surface area (Å²) in [5.74, 6) is 0.962. The highest BCUT2D eigenvalue weighted by Crippen LogP contribution is 2.34. The van der Waals surface area contributed by atoms with Crippen molar-refractivity contribution in [1.29, 1.82) is 0 Å². The fraction of sp³-hybridized carbons (Fsp3) is 0.263. The molecule has 0 spiro atoms. The number of rotatable bonds is 2. The first kappa shape index (κ1) is 14.8. The molecular weight excluding hydrogens is 300 g/mol. The molecule has 0 saturated carbocycles. The summed E-state index contributed by atoms with van der Waals surface area (Å²) in [6.45, 7) is 4.22. The summed E-state index contributed by atoms with van der Waals surface area (Å²) in [4.78, 5) is 25.6. The normalized spacial score (nSPS) is 16.0. The highest BCUT2D eigenvalue weighted by molar-refractivity contribution is 5.98. The highest BCUT2D eigenvalue weighted by atomic mass is 16.1. The lowest BCUT2D eigenvalue weighted by Gasteiger charge is -2.29. The average Bonchev–Trinajstić information content (AvgIpc) is 3.04. The average molecular weight is 318 g/mol. The molecule has 24 heavy (non-hydrogen) atoms. The van der Waals surface area contributed by atoms with Crippen LogP contribution in [-0.4, -0.2) is 25.3 Å². The maximum absolute atomic E-state index is 12.3. The Hall–Kier alpha value is -2.82. The molecule has 120 valence electrons. The van der Waals surface area contributed by atoms with Crippen molar-refractivity contribution in [1.82, 2.24) is 19.5 Å². The van der Waals surface area contributed by atoms with Crippen LogP contribution >= 0.6 is 0 Å². The van der Waals surface area contributed by atoms with E-state index in [4.69, 9.17) is 4.98 Å². The zero-order chi connectivity index (χ0) is 16.7. The Morgan fingerprint density at radius 2 is 2.04 bits per heavy atom. The molecule has 5 nitrogen and oxygen atoms in total. The molecule has 1 aliphatic carbocycles. The van der Waals surface area contributed by atoms with E-state index < -0.39 is 0 Å². The zero-order valence-corrected chi connectivity index (χ0v) is 13.7. The Kier molecular flexibility index (Phi) is 3.30. The molecule has 3 aromatic rings. The third-order valence-corrected chi connectivity index (χ3v) is 4.35. The number of hydrogen-bond donors (Lipinski definition) is 0. The summed E-state index contributed by atoms with van der Waals surface area (Å²) >= 11 is 0. The number of pyridine rings is 2. The Bertz CT molecular complexity index is 912. The number of hydrogen-bond acceptors (Lipinski definition) is 4. The Morgan fingerprint density at radius 3 is 2.83 bits per heavy atom. The van der Waals surface area contributed by atoms with Crippen molar-refractivity contribution in [2.24, 2.45) is 5.41 Å². The van der Waals surface area contributed by atoms with Crippen LogP contribution in [0.2, 0.25) is 0 Å². The van der Waals surface area contributed by atoms with E-state index in [0.29, 0.717) is 6.42 Å². The molecule has 3 aromatic heterocycles. The van der Waals surface area contributed by atoms with Gasteiger partial charge in [-0.2, -0.15) is 0 Å². The van der Waals surface area contributed by atoms with Crippen molar-refractivity contribution < 1.29 is 4.79 Å². The van der Waals surface area contributed by atoms with E-state index in [-0.39, 0.29) is 11.2 Å². The molecule has 0 radical (unpaired) electrons. The van der Waals surface area contributed by atoms with Gasteiger partial charge in [-0.3, -0.25) is 14.3 Å². The van der Waals surface area contributed by atoms with Crippen LogP contribution in [0.3, 0.4) is 0 Å². The van der Waals surface area contributed by atoms with Gasteiger partial charge in [0, 0.05) is 36.1 Å². The van der Waals surface area contributed by atoms with Crippen molar-refractivity contribution in [3.63, 3.8) is 0 Å². The van der Waals surface area contributed by atoms with E-state index in [1.807, 2.05) is 35.0 Å². The number of carbonyl (C=O) groups excluding carboxylic acids is 1. The fourth-order valence-corrected chi connectivity index (χ4v) is 3.18. The molecule has 0 aromatic carbocycles. The molecule has 4 rings (SSSR count). The Balaban J connectivity index is 1.71. The van der Waals surface area contributed by atoms with Crippen LogP contribution in [0.25, 0.3) is 17.1 Å². The molecule has 0 bridgehead atoms. The van der Waals surface area contributed by atoms with Crippen molar-refractivity contribution in [3.8, 4) is 17.1 Å². The highest BCUT2D eigenvalue weighted by Gasteiger charge is 2.31. The van der Waals surface area contributed by atoms with Gasteiger partial charge in [-0.05, 0) is 36.1 Å². The summed E-state index contributed by atoms with van der Waals surface area (Å²) in [7, 11) is 0. The Labute approximate surface area is 140 Å². The van der Waals surface area contributed by atoms with E-state index in [1.165, 1.54) is 0 Å². The third-order valence-electron chi connectivity index (χ3n) is 4.35. The van der Waals surface area contributed by atoms with Gasteiger partial charge in [0.25, 0.3) is 0 Å². The number of aromatic nitrogens is 4. The van der Waals surface area contributed by atoms with Gasteiger partial charge < -0.3 is 0 Å². The second-order valence-corrected chi connectivity index (χ2v) is 7.01. The second kappa shape index (κ2) is 5.37. The van der Waals surface area contributed by atoms with Crippen LogP contribution in [0.5, 0.6) is 0 Å². The summed E-state index contributed by atoms with van der Waals surface area (Å²) < 4.78 is 1.88. The van der Waals surface area contributed by atoms with Gasteiger partial charge in [0.05, 0.1) is 11.4 Å². The van der Waals surface area contributed by atoms with Gasteiger partial charge in [0.2, 0.25) is 0 Å². The predicted molar refractivity (Wildman–Crippen MR) is 91.0 cm³/mol. The fourth-order valence-electron chi connectivity index (χ4n) is 3.18. The van der Waals surface area contributed by atoms with Gasteiger partial charge >= 0.3 is 0 Å². The van der Waals surface area contributed by atoms with Crippen LogP contribution in [-0.2, 0) is 6.42 Å². The van der Waals surface area contributed by atoms with Crippen molar-refractivity contribution in [3.05, 3.63) is 60.4 Å². The van der Waals surface area contributed by atoms with E-state index in [0.717, 1.165) is 34.8 Å². The summed E-state index contributed by atoms with van der Waals surface area (Å²) in [5.41, 5.74) is 3.41. The molecule has 3 heterocycles. The number of imidazole rings is 1. The van der Waals surface area contributed by atoms with E-state index in [9.17, 15) is 4.79 Å². The predicted octanol–water partition coefficient (Wildman–Crippen LogP) is 3.48. The lowest BCUT2D eigenvalue weighted by atomic mass is 9.76. The molecule has 0 fully saturated rings. The number of nitrogens with zero attached hydrogens (tertiary/aromatic N) is 4. The summed E-state index contributed by atoms with van der Waals surface area (Å²) in [5, 5.41) is 0. The van der Waals surface area contributed by atoms with Crippen LogP contribution in [0.4, 0.5) is 0 Å². The minimum Gasteiger partial charge on any atom is -0.294 e. The topological polar surface area (TPSA) is 60.7 Å². The van der Waals surface area contributed by atoms with Crippen molar-refractivity contribution in [2.75, 3.05) is 0 Å². The molecule has 0 atom stereocenters. The largest absolute Gasteiger partial charge is 0.294 e. The van der Waals surface area contributed by atoms with E-state index in [2.05, 4.69) is 23.8 Å². The van der Waals surface area contributed by atoms with E-state index in [1.54, 1.807) is 18.7 Å². The minimum absolute atomic E-state index is 0.0362. The third kappa shape index (κ3) is 2.62. The SMILES string of the molecule is CC1(C)CC(=O)c2ccc(-n3cnc(-c4cccnc4)c3)nc2C1. The standard InChI is InChI=1S/C19H18N4O/c1-19(2)8-15-14(17(24)9-19)5-6-18(22-15)23-11-16(21-12-23)13-4-3-7-20-10-13/h3-7,10-12H,8-9H2,1-2H3. The molecule has 0 saturated heterocycles. The minimum atomic E-state index is -0.0362. The van der Waals surface area contributed by atoms with Crippen LogP contribution in [0.1, 0.15) is 36.3 Å². The first-order valence-corrected chi connectivity index (χ1v) is 8.00. The lowest BCUT2D eigenvalue weighted by molar-refractivity contribution is 0.0910. The van der Waals surface area contributed by atoms with Gasteiger partial charge in [0.15, 0.2) is 5.78 Å². The molecule has 1 aliphatic rings. The summed E-state index contributed by atoms with van der Waals surface area (Å²) in [6.07, 6.45) is 8.59. The number of Topliss-reactive ketones (excluding diaryl/α,β-unsaturated/α-hetero) is 1. The van der Waals surface area contributed by atoms with Gasteiger partial charge in [-0.25, -0.2) is 9.97 Å². The summed E-state index contributed by atoms with van der Waals surface area (Å²) in [6, 6.07) is 7.63. The smallest absolute Gasteiger partial charge is 0.165 e. The van der Waals surface area contributed by atoms with Crippen molar-refractivity contribution >= 4 is 5.78 Å². The zero-order valence-electron chi connectivity index (χ0n) is 13.7. The quantitative estimate of drug-likeness (QED) is 0.726. The molecule has 0 amide bonds. The number of carbonyl (C=O) groups is 1. The molecule has 0 N–H and O–H groups in total. The monoisotopic (exact) mass is 318 g/mol. The second-order valence-electron chi connectivity index (χ2n) is 7.01. The van der Waals surface area contributed by atoms with Gasteiger partial charge in [-0.1, -0.05) is 13.8 Å². The number of fused-ring (bicyclic) bond motifs is 1. The lowest BCUT2D eigenvalue weighted by Crippen LogP contribution is -2.28. The maximum Gasteiger partial charge on any atom is 0.165 e. The van der Waals surface area contributed by atoms with Crippen LogP contribution in [0, 0.1) is 5.41 Å². The first-order valence-electron chi connectivity index (χ1n) is 8.00. The van der Waals surface area contributed by atoms with Crippen molar-refractivity contribution in [2.45, 2.75) is 26.7 Å².